The highest BCUT2D eigenvalue weighted by molar-refractivity contribution is 14.1. The summed E-state index contributed by atoms with van der Waals surface area (Å²) < 4.78 is 1.60. The average Bonchev–Trinajstić information content (AvgIpc) is 3.00. The third kappa shape index (κ3) is 5.43. The predicted molar refractivity (Wildman–Crippen MR) is 135 cm³/mol. The van der Waals surface area contributed by atoms with E-state index in [9.17, 15) is 20.0 Å². The van der Waals surface area contributed by atoms with Crippen molar-refractivity contribution in [3.63, 3.8) is 0 Å². The molecule has 1 heterocycles. The highest BCUT2D eigenvalue weighted by Crippen LogP contribution is 2.34. The van der Waals surface area contributed by atoms with Crippen LogP contribution in [0.3, 0.4) is 0 Å². The van der Waals surface area contributed by atoms with Crippen LogP contribution in [0, 0.1) is 17.3 Å². The number of rotatable bonds is 4. The number of carbonyl (C=O) groups excluding carboxylic acids is 1. The van der Waals surface area contributed by atoms with Gasteiger partial charge in [-0.1, -0.05) is 23.2 Å². The molecule has 2 aromatic carbocycles. The molecule has 1 aliphatic heterocycles. The quantitative estimate of drug-likeness (QED) is 0.147. The first-order valence-electron chi connectivity index (χ1n) is 7.79. The molecule has 0 aromatic heterocycles. The Morgan fingerprint density at radius 1 is 1.17 bits per heavy atom. The number of carbonyl (C=O) groups is 1. The summed E-state index contributed by atoms with van der Waals surface area (Å²) >= 11 is 17.0. The van der Waals surface area contributed by atoms with Crippen LogP contribution in [0.1, 0.15) is 11.1 Å². The first kappa shape index (κ1) is 23.2. The molecule has 3 rings (SSSR count). The second-order valence-corrected chi connectivity index (χ2v) is 9.88. The van der Waals surface area contributed by atoms with E-state index in [0.29, 0.717) is 9.13 Å². The van der Waals surface area contributed by atoms with Crippen LogP contribution in [0.5, 0.6) is 5.75 Å². The van der Waals surface area contributed by atoms with Crippen LogP contribution >= 0.6 is 80.1 Å². The number of benzene rings is 2. The smallest absolute Gasteiger partial charge is 0.288 e. The lowest BCUT2D eigenvalue weighted by Crippen LogP contribution is -2.19. The predicted octanol–water partition coefficient (Wildman–Crippen LogP) is 5.41. The normalized spacial score (nSPS) is 16.6. The number of amides is 1. The van der Waals surface area contributed by atoms with E-state index in [4.69, 9.17) is 23.2 Å². The average molecular weight is 689 g/mol. The van der Waals surface area contributed by atoms with Crippen LogP contribution in [-0.2, 0) is 4.79 Å². The summed E-state index contributed by atoms with van der Waals surface area (Å²) in [5.41, 5.74) is 0.441. The number of hydrogen-bond donors (Lipinski definition) is 2. The molecule has 1 aliphatic rings. The lowest BCUT2D eigenvalue weighted by Gasteiger charge is -2.02. The van der Waals surface area contributed by atoms with E-state index >= 15 is 0 Å². The van der Waals surface area contributed by atoms with Gasteiger partial charge in [0.05, 0.1) is 19.6 Å². The van der Waals surface area contributed by atoms with Crippen LogP contribution < -0.4 is 5.32 Å². The molecular formula is C17H8Cl2I2N4O4S. The van der Waals surface area contributed by atoms with Gasteiger partial charge in [-0.05, 0) is 81.2 Å². The zero-order valence-electron chi connectivity index (χ0n) is 14.4. The lowest BCUT2D eigenvalue weighted by atomic mass is 10.2. The topological polar surface area (TPSA) is 117 Å². The maximum absolute atomic E-state index is 12.2. The van der Waals surface area contributed by atoms with Crippen molar-refractivity contribution >= 4 is 109 Å². The second-order valence-electron chi connectivity index (χ2n) is 5.62. The number of nitro benzene ring substituents is 1. The summed E-state index contributed by atoms with van der Waals surface area (Å²) in [6.07, 6.45) is 2.78. The molecule has 1 amide bonds. The number of phenols is 1. The van der Waals surface area contributed by atoms with E-state index in [1.807, 2.05) is 28.7 Å². The van der Waals surface area contributed by atoms with Crippen molar-refractivity contribution in [2.75, 3.05) is 0 Å². The molecule has 0 unspecified atom stereocenters. The Morgan fingerprint density at radius 3 is 2.60 bits per heavy atom. The maximum atomic E-state index is 12.2. The molecule has 0 bridgehead atoms. The first-order valence-corrected chi connectivity index (χ1v) is 11.5. The standard InChI is InChI=1S/C17H8Cl2I2N4O4S/c18-10-5-11(19)13(25(28)29)2-7(10)3-14-16(27)23-17(30-14)24-22-6-8-1-9(20)4-12(21)15(8)26/h1-6,26H,(H,23,24,27)/b14-3+,22-6+. The highest BCUT2D eigenvalue weighted by atomic mass is 127. The van der Waals surface area contributed by atoms with Gasteiger partial charge < -0.3 is 5.11 Å². The summed E-state index contributed by atoms with van der Waals surface area (Å²) in [4.78, 5) is 22.8. The van der Waals surface area contributed by atoms with Gasteiger partial charge in [0, 0.05) is 25.8 Å². The van der Waals surface area contributed by atoms with E-state index in [0.717, 1.165) is 15.3 Å². The molecule has 8 nitrogen and oxygen atoms in total. The van der Waals surface area contributed by atoms with Crippen LogP contribution in [-0.4, -0.2) is 27.3 Å². The summed E-state index contributed by atoms with van der Waals surface area (Å²) in [6.45, 7) is 0. The van der Waals surface area contributed by atoms with Crippen LogP contribution in [0.4, 0.5) is 5.69 Å². The molecule has 13 heteroatoms. The fraction of sp³-hybridized carbons (Fsp3) is 0. The molecule has 2 N–H and O–H groups in total. The van der Waals surface area contributed by atoms with Crippen LogP contribution in [0.2, 0.25) is 10.0 Å². The van der Waals surface area contributed by atoms with Crippen molar-refractivity contribution in [1.29, 1.82) is 0 Å². The summed E-state index contributed by atoms with van der Waals surface area (Å²) in [5.74, 6) is -0.364. The fourth-order valence-corrected chi connectivity index (χ4v) is 5.41. The molecule has 1 fully saturated rings. The number of amidine groups is 1. The van der Waals surface area contributed by atoms with Crippen molar-refractivity contribution in [1.82, 2.24) is 5.32 Å². The molecule has 0 saturated carbocycles. The van der Waals surface area contributed by atoms with Gasteiger partial charge in [0.2, 0.25) is 0 Å². The maximum Gasteiger partial charge on any atom is 0.288 e. The summed E-state index contributed by atoms with van der Waals surface area (Å²) in [7, 11) is 0. The summed E-state index contributed by atoms with van der Waals surface area (Å²) in [6, 6.07) is 6.00. The van der Waals surface area contributed by atoms with Crippen molar-refractivity contribution in [3.8, 4) is 5.75 Å². The van der Waals surface area contributed by atoms with Crippen molar-refractivity contribution in [2.24, 2.45) is 10.2 Å². The Morgan fingerprint density at radius 2 is 1.90 bits per heavy atom. The molecule has 30 heavy (non-hydrogen) atoms. The van der Waals surface area contributed by atoms with Crippen LogP contribution in [0.25, 0.3) is 6.08 Å². The largest absolute Gasteiger partial charge is 0.506 e. The molecule has 154 valence electrons. The zero-order valence-corrected chi connectivity index (χ0v) is 21.0. The molecule has 2 aromatic rings. The Hall–Kier alpha value is -1.42. The van der Waals surface area contributed by atoms with Gasteiger partial charge in [-0.3, -0.25) is 20.2 Å². The molecular weight excluding hydrogens is 681 g/mol. The molecule has 0 aliphatic carbocycles. The van der Waals surface area contributed by atoms with Gasteiger partial charge in [-0.15, -0.1) is 5.10 Å². The van der Waals surface area contributed by atoms with E-state index < -0.39 is 10.8 Å². The zero-order chi connectivity index (χ0) is 22.0. The number of aromatic hydroxyl groups is 1. The number of halogens is 4. The summed E-state index contributed by atoms with van der Waals surface area (Å²) in [5, 5.41) is 31.8. The van der Waals surface area contributed by atoms with Crippen LogP contribution in [0.15, 0.2) is 39.4 Å². The number of hydrogen-bond acceptors (Lipinski definition) is 7. The first-order chi connectivity index (χ1) is 14.2. The van der Waals surface area contributed by atoms with Crippen molar-refractivity contribution < 1.29 is 14.8 Å². The van der Waals surface area contributed by atoms with Crippen molar-refractivity contribution in [3.05, 3.63) is 67.6 Å². The fourth-order valence-electron chi connectivity index (χ4n) is 2.25. The number of nitrogens with one attached hydrogen (secondary N) is 1. The lowest BCUT2D eigenvalue weighted by molar-refractivity contribution is -0.384. The number of thioether (sulfide) groups is 1. The Bertz CT molecular complexity index is 1170. The van der Waals surface area contributed by atoms with Gasteiger partial charge >= 0.3 is 0 Å². The van der Waals surface area contributed by atoms with E-state index in [1.54, 1.807) is 6.07 Å². The Kier molecular flexibility index (Phi) is 7.60. The number of nitro groups is 1. The van der Waals surface area contributed by atoms with Crippen molar-refractivity contribution in [2.45, 2.75) is 0 Å². The van der Waals surface area contributed by atoms with Gasteiger partial charge in [-0.2, -0.15) is 5.10 Å². The Balaban J connectivity index is 1.83. The molecule has 1 saturated heterocycles. The second kappa shape index (κ2) is 9.80. The third-order valence-electron chi connectivity index (χ3n) is 3.60. The molecule has 0 radical (unpaired) electrons. The minimum Gasteiger partial charge on any atom is -0.506 e. The van der Waals surface area contributed by atoms with Gasteiger partial charge in [-0.25, -0.2) is 0 Å². The molecule has 0 spiro atoms. The van der Waals surface area contributed by atoms with Gasteiger partial charge in [0.25, 0.3) is 11.6 Å². The number of nitrogens with zero attached hydrogens (tertiary/aromatic N) is 3. The third-order valence-corrected chi connectivity index (χ3v) is 6.58. The van der Waals surface area contributed by atoms with E-state index in [1.165, 1.54) is 24.4 Å². The SMILES string of the molecule is O=C1N/C(=N\N=C\c2cc(I)cc(I)c2O)S/C1=C/c1cc([N+](=O)[O-])c(Cl)cc1Cl. The van der Waals surface area contributed by atoms with Gasteiger partial charge in [0.15, 0.2) is 5.17 Å². The number of phenolic OH excluding ortho intramolecular Hbond substituents is 1. The monoisotopic (exact) mass is 688 g/mol. The Labute approximate surface area is 211 Å². The molecule has 0 atom stereocenters. The van der Waals surface area contributed by atoms with E-state index in [2.05, 4.69) is 38.1 Å². The minimum atomic E-state index is -0.633. The van der Waals surface area contributed by atoms with E-state index in [-0.39, 0.29) is 37.1 Å². The minimum absolute atomic E-state index is 0.0858. The van der Waals surface area contributed by atoms with Gasteiger partial charge in [0.1, 0.15) is 10.8 Å². The highest BCUT2D eigenvalue weighted by Gasteiger charge is 2.25.